The van der Waals surface area contributed by atoms with Gasteiger partial charge in [-0.15, -0.1) is 12.4 Å². The van der Waals surface area contributed by atoms with Crippen LogP contribution in [0.25, 0.3) is 0 Å². The van der Waals surface area contributed by atoms with Crippen LogP contribution in [0.5, 0.6) is 11.5 Å². The highest BCUT2D eigenvalue weighted by molar-refractivity contribution is 5.85. The Balaban J connectivity index is 0.00000484. The first-order valence-corrected chi connectivity index (χ1v) is 6.83. The second-order valence-corrected chi connectivity index (χ2v) is 4.55. The number of rotatable bonds is 8. The third kappa shape index (κ3) is 6.33. The molecule has 0 aliphatic rings. The van der Waals surface area contributed by atoms with Crippen LogP contribution in [0.4, 0.5) is 0 Å². The topological polar surface area (TPSA) is 99.9 Å². The predicted octanol–water partition coefficient (Wildman–Crippen LogP) is 1.19. The number of carbonyl (C=O) groups is 2. The number of hydrogen-bond acceptors (Lipinski definition) is 6. The standard InChI is InChI=1S/C15H22N2O5.ClH/c1-20-12-5-4-10(8-13(12)21-2)11(9-15(19)22-3)17-14(18)6-7-16;/h4-5,8,11H,6-7,9,16H2,1-3H3,(H,17,18);1H. The smallest absolute Gasteiger partial charge is 0.307 e. The molecule has 8 heteroatoms. The minimum atomic E-state index is -0.522. The van der Waals surface area contributed by atoms with E-state index in [9.17, 15) is 9.59 Å². The molecular weight excluding hydrogens is 324 g/mol. The number of carbonyl (C=O) groups excluding carboxylic acids is 2. The minimum absolute atomic E-state index is 0. The van der Waals surface area contributed by atoms with Crippen molar-refractivity contribution in [1.29, 1.82) is 0 Å². The molecule has 1 amide bonds. The third-order valence-electron chi connectivity index (χ3n) is 3.12. The summed E-state index contributed by atoms with van der Waals surface area (Å²) in [6.45, 7) is 0.239. The highest BCUT2D eigenvalue weighted by Gasteiger charge is 2.20. The molecule has 0 aliphatic heterocycles. The van der Waals surface area contributed by atoms with Crippen LogP contribution in [-0.4, -0.2) is 39.8 Å². The maximum Gasteiger partial charge on any atom is 0.307 e. The van der Waals surface area contributed by atoms with Gasteiger partial charge in [-0.25, -0.2) is 0 Å². The van der Waals surface area contributed by atoms with Crippen LogP contribution in [0.2, 0.25) is 0 Å². The zero-order chi connectivity index (χ0) is 16.5. The summed E-state index contributed by atoms with van der Waals surface area (Å²) in [6, 6.07) is 4.67. The SMILES string of the molecule is COC(=O)CC(NC(=O)CCN)c1ccc(OC)c(OC)c1.Cl. The molecule has 0 heterocycles. The molecule has 0 fully saturated rings. The molecule has 7 nitrogen and oxygen atoms in total. The Bertz CT molecular complexity index is 525. The number of esters is 1. The van der Waals surface area contributed by atoms with Crippen molar-refractivity contribution in [3.8, 4) is 11.5 Å². The van der Waals surface area contributed by atoms with Crippen LogP contribution >= 0.6 is 12.4 Å². The van der Waals surface area contributed by atoms with Crippen molar-refractivity contribution >= 4 is 24.3 Å². The number of amides is 1. The number of nitrogens with two attached hydrogens (primary N) is 1. The maximum absolute atomic E-state index is 11.8. The van der Waals surface area contributed by atoms with E-state index < -0.39 is 12.0 Å². The lowest BCUT2D eigenvalue weighted by Gasteiger charge is -2.19. The highest BCUT2D eigenvalue weighted by Crippen LogP contribution is 2.31. The second kappa shape index (κ2) is 10.7. The molecule has 0 aliphatic carbocycles. The number of ether oxygens (including phenoxy) is 3. The van der Waals surface area contributed by atoms with Crippen LogP contribution < -0.4 is 20.5 Å². The second-order valence-electron chi connectivity index (χ2n) is 4.55. The molecule has 0 radical (unpaired) electrons. The van der Waals surface area contributed by atoms with E-state index in [0.717, 1.165) is 0 Å². The van der Waals surface area contributed by atoms with E-state index in [1.807, 2.05) is 0 Å². The van der Waals surface area contributed by atoms with Gasteiger partial charge in [-0.05, 0) is 17.7 Å². The van der Waals surface area contributed by atoms with Crippen LogP contribution in [0.1, 0.15) is 24.4 Å². The van der Waals surface area contributed by atoms with E-state index in [2.05, 4.69) is 10.1 Å². The van der Waals surface area contributed by atoms with Crippen molar-refractivity contribution in [2.24, 2.45) is 5.73 Å². The average molecular weight is 347 g/mol. The molecule has 0 spiro atoms. The van der Waals surface area contributed by atoms with Crippen LogP contribution in [0.15, 0.2) is 18.2 Å². The number of methoxy groups -OCH3 is 3. The lowest BCUT2D eigenvalue weighted by atomic mass is 10.0. The van der Waals surface area contributed by atoms with Gasteiger partial charge in [-0.3, -0.25) is 9.59 Å². The van der Waals surface area contributed by atoms with Crippen LogP contribution in [-0.2, 0) is 14.3 Å². The summed E-state index contributed by atoms with van der Waals surface area (Å²) in [6.07, 6.45) is 0.202. The number of hydrogen-bond donors (Lipinski definition) is 2. The largest absolute Gasteiger partial charge is 0.493 e. The van der Waals surface area contributed by atoms with Gasteiger partial charge in [-0.2, -0.15) is 0 Å². The summed E-state index contributed by atoms with van der Waals surface area (Å²) in [5, 5.41) is 2.77. The molecule has 1 rings (SSSR count). The monoisotopic (exact) mass is 346 g/mol. The minimum Gasteiger partial charge on any atom is -0.493 e. The van der Waals surface area contributed by atoms with Gasteiger partial charge in [0, 0.05) is 13.0 Å². The molecule has 1 unspecified atom stereocenters. The molecule has 1 atom stereocenters. The van der Waals surface area contributed by atoms with Gasteiger partial charge < -0.3 is 25.3 Å². The first kappa shape index (κ1) is 21.0. The average Bonchev–Trinajstić information content (AvgIpc) is 2.53. The van der Waals surface area contributed by atoms with Gasteiger partial charge in [0.1, 0.15) is 0 Å². The zero-order valence-corrected chi connectivity index (χ0v) is 14.3. The van der Waals surface area contributed by atoms with E-state index in [4.69, 9.17) is 15.2 Å². The summed E-state index contributed by atoms with van der Waals surface area (Å²) in [4.78, 5) is 23.3. The Morgan fingerprint density at radius 2 is 1.83 bits per heavy atom. The first-order valence-electron chi connectivity index (χ1n) is 6.83. The van der Waals surface area contributed by atoms with Gasteiger partial charge in [0.2, 0.25) is 5.91 Å². The van der Waals surface area contributed by atoms with E-state index in [1.54, 1.807) is 18.2 Å². The van der Waals surface area contributed by atoms with Gasteiger partial charge in [0.15, 0.2) is 11.5 Å². The summed E-state index contributed by atoms with van der Waals surface area (Å²) >= 11 is 0. The predicted molar refractivity (Wildman–Crippen MR) is 88.0 cm³/mol. The lowest BCUT2D eigenvalue weighted by Crippen LogP contribution is -2.31. The quantitative estimate of drug-likeness (QED) is 0.686. The third-order valence-corrected chi connectivity index (χ3v) is 3.12. The number of benzene rings is 1. The van der Waals surface area contributed by atoms with E-state index in [1.165, 1.54) is 21.3 Å². The van der Waals surface area contributed by atoms with E-state index >= 15 is 0 Å². The fourth-order valence-corrected chi connectivity index (χ4v) is 1.97. The van der Waals surface area contributed by atoms with Crippen molar-refractivity contribution in [2.45, 2.75) is 18.9 Å². The molecule has 130 valence electrons. The lowest BCUT2D eigenvalue weighted by molar-refractivity contribution is -0.141. The molecule has 0 bridgehead atoms. The molecule has 0 aromatic heterocycles. The van der Waals surface area contributed by atoms with Gasteiger partial charge >= 0.3 is 5.97 Å². The number of halogens is 1. The zero-order valence-electron chi connectivity index (χ0n) is 13.5. The fourth-order valence-electron chi connectivity index (χ4n) is 1.97. The molecule has 0 saturated carbocycles. The Labute approximate surface area is 141 Å². The molecular formula is C15H23ClN2O5. The normalized spacial score (nSPS) is 11.0. The molecule has 3 N–H and O–H groups in total. The van der Waals surface area contributed by atoms with Crippen molar-refractivity contribution < 1.29 is 23.8 Å². The maximum atomic E-state index is 11.8. The Morgan fingerprint density at radius 1 is 1.17 bits per heavy atom. The van der Waals surface area contributed by atoms with Gasteiger partial charge in [-0.1, -0.05) is 6.07 Å². The Kier molecular flexibility index (Phi) is 9.76. The van der Waals surface area contributed by atoms with Gasteiger partial charge in [0.05, 0.1) is 33.8 Å². The fraction of sp³-hybridized carbons (Fsp3) is 0.467. The van der Waals surface area contributed by atoms with Gasteiger partial charge in [0.25, 0.3) is 0 Å². The van der Waals surface area contributed by atoms with Crippen LogP contribution in [0.3, 0.4) is 0 Å². The van der Waals surface area contributed by atoms with Crippen molar-refractivity contribution in [2.75, 3.05) is 27.9 Å². The molecule has 23 heavy (non-hydrogen) atoms. The van der Waals surface area contributed by atoms with Crippen molar-refractivity contribution in [3.63, 3.8) is 0 Å². The Hall–Kier alpha value is -1.99. The summed E-state index contributed by atoms with van der Waals surface area (Å²) in [5.74, 6) is 0.429. The Morgan fingerprint density at radius 3 is 2.35 bits per heavy atom. The summed E-state index contributed by atoms with van der Waals surface area (Å²) in [7, 11) is 4.35. The van der Waals surface area contributed by atoms with Crippen LogP contribution in [0, 0.1) is 0 Å². The highest BCUT2D eigenvalue weighted by atomic mass is 35.5. The molecule has 0 saturated heterocycles. The van der Waals surface area contributed by atoms with Crippen molar-refractivity contribution in [1.82, 2.24) is 5.32 Å². The summed E-state index contributed by atoms with van der Waals surface area (Å²) < 4.78 is 15.1. The molecule has 1 aromatic carbocycles. The first-order chi connectivity index (χ1) is 10.5. The number of nitrogens with one attached hydrogen (secondary N) is 1. The molecule has 1 aromatic rings. The summed E-state index contributed by atoms with van der Waals surface area (Å²) in [5.41, 5.74) is 6.08. The van der Waals surface area contributed by atoms with Crippen molar-refractivity contribution in [3.05, 3.63) is 23.8 Å². The van der Waals surface area contributed by atoms with E-state index in [0.29, 0.717) is 17.1 Å². The van der Waals surface area contributed by atoms with E-state index in [-0.39, 0.29) is 37.7 Å².